The Balaban J connectivity index is 1.26. The standard InChI is InChI=1S/C45H30S/c1-45(2)38-24-21-29(41-33-18-10-8-16-31(33)40(28-13-4-3-5-14-28)32-17-9-11-19-34(32)41)26-37(38)35-23-25-39-42(43(35)45)36-22-20-27-12-6-7-15-30(27)44(36)46-39/h3-26H,1-2H3. The number of benzene rings is 8. The monoisotopic (exact) mass is 602 g/mol. The van der Waals surface area contributed by atoms with E-state index in [2.05, 4.69) is 159 Å². The minimum atomic E-state index is -0.107. The number of thiophene rings is 1. The number of hydrogen-bond donors (Lipinski definition) is 0. The van der Waals surface area contributed by atoms with Gasteiger partial charge in [-0.25, -0.2) is 0 Å². The third-order valence-electron chi connectivity index (χ3n) is 10.4. The maximum atomic E-state index is 2.48. The van der Waals surface area contributed by atoms with Gasteiger partial charge in [0.15, 0.2) is 0 Å². The molecule has 1 heterocycles. The van der Waals surface area contributed by atoms with Crippen molar-refractivity contribution < 1.29 is 0 Å². The van der Waals surface area contributed by atoms with E-state index < -0.39 is 0 Å². The van der Waals surface area contributed by atoms with Crippen LogP contribution in [0.1, 0.15) is 25.0 Å². The Morgan fingerprint density at radius 3 is 1.76 bits per heavy atom. The lowest BCUT2D eigenvalue weighted by Gasteiger charge is -2.23. The SMILES string of the molecule is CC1(C)c2ccc(-c3c4ccccc4c(-c4ccccc4)c4ccccc34)cc2-c2ccc3sc4c5ccccc5ccc4c3c21. The highest BCUT2D eigenvalue weighted by molar-refractivity contribution is 7.26. The normalized spacial score (nSPS) is 13.6. The average Bonchev–Trinajstić information content (AvgIpc) is 3.59. The van der Waals surface area contributed by atoms with Gasteiger partial charge in [-0.3, -0.25) is 0 Å². The summed E-state index contributed by atoms with van der Waals surface area (Å²) in [5, 5.41) is 10.6. The van der Waals surface area contributed by atoms with Crippen LogP contribution in [0.15, 0.2) is 146 Å². The van der Waals surface area contributed by atoms with Crippen LogP contribution in [0, 0.1) is 0 Å². The van der Waals surface area contributed by atoms with E-state index in [1.54, 1.807) is 0 Å². The van der Waals surface area contributed by atoms with Crippen LogP contribution in [0.3, 0.4) is 0 Å². The Labute approximate surface area is 272 Å². The van der Waals surface area contributed by atoms with Crippen molar-refractivity contribution >= 4 is 63.8 Å². The predicted octanol–water partition coefficient (Wildman–Crippen LogP) is 13.2. The van der Waals surface area contributed by atoms with Gasteiger partial charge in [-0.2, -0.15) is 0 Å². The molecule has 0 fully saturated rings. The quantitative estimate of drug-likeness (QED) is 0.173. The van der Waals surface area contributed by atoms with Crippen molar-refractivity contribution in [2.75, 3.05) is 0 Å². The van der Waals surface area contributed by atoms with E-state index in [-0.39, 0.29) is 5.41 Å². The molecule has 0 nitrogen and oxygen atoms in total. The minimum Gasteiger partial charge on any atom is -0.135 e. The van der Waals surface area contributed by atoms with Gasteiger partial charge in [-0.1, -0.05) is 147 Å². The van der Waals surface area contributed by atoms with Crippen molar-refractivity contribution in [3.05, 3.63) is 157 Å². The summed E-state index contributed by atoms with van der Waals surface area (Å²) in [7, 11) is 0. The number of rotatable bonds is 2. The van der Waals surface area contributed by atoms with Gasteiger partial charge in [-0.05, 0) is 89.0 Å². The van der Waals surface area contributed by atoms with Gasteiger partial charge in [0, 0.05) is 25.6 Å². The van der Waals surface area contributed by atoms with Gasteiger partial charge >= 0.3 is 0 Å². The second kappa shape index (κ2) is 9.39. The Morgan fingerprint density at radius 2 is 1.07 bits per heavy atom. The Kier molecular flexibility index (Phi) is 5.31. The zero-order valence-electron chi connectivity index (χ0n) is 25.8. The van der Waals surface area contributed by atoms with Crippen molar-refractivity contribution in [2.24, 2.45) is 0 Å². The molecule has 1 aliphatic rings. The predicted molar refractivity (Wildman–Crippen MR) is 200 cm³/mol. The molecule has 0 saturated carbocycles. The average molecular weight is 603 g/mol. The van der Waals surface area contributed by atoms with Gasteiger partial charge in [0.2, 0.25) is 0 Å². The fourth-order valence-corrected chi connectivity index (χ4v) is 9.67. The molecule has 0 atom stereocenters. The summed E-state index contributed by atoms with van der Waals surface area (Å²) in [5.74, 6) is 0. The van der Waals surface area contributed by atoms with E-state index >= 15 is 0 Å². The zero-order chi connectivity index (χ0) is 30.6. The molecule has 10 rings (SSSR count). The van der Waals surface area contributed by atoms with Crippen molar-refractivity contribution in [1.82, 2.24) is 0 Å². The largest absolute Gasteiger partial charge is 0.135 e. The summed E-state index contributed by atoms with van der Waals surface area (Å²) in [4.78, 5) is 0. The lowest BCUT2D eigenvalue weighted by atomic mass is 9.80. The lowest BCUT2D eigenvalue weighted by molar-refractivity contribution is 0.667. The van der Waals surface area contributed by atoms with Crippen LogP contribution in [-0.4, -0.2) is 0 Å². The molecular weight excluding hydrogens is 573 g/mol. The van der Waals surface area contributed by atoms with Gasteiger partial charge in [0.25, 0.3) is 0 Å². The van der Waals surface area contributed by atoms with Gasteiger partial charge < -0.3 is 0 Å². The Bertz CT molecular complexity index is 2650. The van der Waals surface area contributed by atoms with E-state index in [0.29, 0.717) is 0 Å². The first kappa shape index (κ1) is 26.0. The van der Waals surface area contributed by atoms with E-state index in [4.69, 9.17) is 0 Å². The molecule has 9 aromatic rings. The summed E-state index contributed by atoms with van der Waals surface area (Å²) in [6, 6.07) is 54.2. The van der Waals surface area contributed by atoms with E-state index in [1.165, 1.54) is 97.0 Å². The van der Waals surface area contributed by atoms with Crippen LogP contribution in [-0.2, 0) is 5.41 Å². The summed E-state index contributed by atoms with van der Waals surface area (Å²) >= 11 is 1.94. The summed E-state index contributed by atoms with van der Waals surface area (Å²) in [6.45, 7) is 4.83. The molecule has 1 aliphatic carbocycles. The molecule has 0 N–H and O–H groups in total. The van der Waals surface area contributed by atoms with Gasteiger partial charge in [-0.15, -0.1) is 11.3 Å². The van der Waals surface area contributed by atoms with Crippen molar-refractivity contribution in [3.63, 3.8) is 0 Å². The number of fused-ring (bicyclic) bond motifs is 11. The lowest BCUT2D eigenvalue weighted by Crippen LogP contribution is -2.15. The van der Waals surface area contributed by atoms with Crippen molar-refractivity contribution in [3.8, 4) is 33.4 Å². The molecule has 0 radical (unpaired) electrons. The second-order valence-corrected chi connectivity index (χ2v) is 14.3. The molecule has 46 heavy (non-hydrogen) atoms. The molecule has 0 saturated heterocycles. The third-order valence-corrected chi connectivity index (χ3v) is 11.6. The van der Waals surface area contributed by atoms with Crippen molar-refractivity contribution in [1.29, 1.82) is 0 Å². The molecule has 0 aliphatic heterocycles. The maximum absolute atomic E-state index is 2.48. The Hall–Kier alpha value is -5.24. The number of hydrogen-bond acceptors (Lipinski definition) is 1. The molecule has 216 valence electrons. The van der Waals surface area contributed by atoms with Crippen LogP contribution < -0.4 is 0 Å². The first-order valence-corrected chi connectivity index (χ1v) is 16.9. The topological polar surface area (TPSA) is 0 Å². The zero-order valence-corrected chi connectivity index (χ0v) is 26.6. The molecule has 1 aromatic heterocycles. The van der Waals surface area contributed by atoms with Crippen LogP contribution in [0.2, 0.25) is 0 Å². The van der Waals surface area contributed by atoms with E-state index in [0.717, 1.165) is 0 Å². The fourth-order valence-electron chi connectivity index (χ4n) is 8.43. The highest BCUT2D eigenvalue weighted by Gasteiger charge is 2.38. The maximum Gasteiger partial charge on any atom is 0.0433 e. The van der Waals surface area contributed by atoms with E-state index in [1.807, 2.05) is 11.3 Å². The summed E-state index contributed by atoms with van der Waals surface area (Å²) < 4.78 is 2.77. The minimum absolute atomic E-state index is 0.107. The molecule has 0 unspecified atom stereocenters. The van der Waals surface area contributed by atoms with Crippen molar-refractivity contribution in [2.45, 2.75) is 19.3 Å². The second-order valence-electron chi connectivity index (χ2n) is 13.2. The molecular formula is C45H30S. The first-order chi connectivity index (χ1) is 22.6. The van der Waals surface area contributed by atoms with Crippen LogP contribution in [0.4, 0.5) is 0 Å². The van der Waals surface area contributed by atoms with Crippen LogP contribution in [0.5, 0.6) is 0 Å². The van der Waals surface area contributed by atoms with Crippen LogP contribution >= 0.6 is 11.3 Å². The molecule has 1 heteroatoms. The van der Waals surface area contributed by atoms with E-state index in [9.17, 15) is 0 Å². The van der Waals surface area contributed by atoms with Crippen LogP contribution in [0.25, 0.3) is 85.9 Å². The smallest absolute Gasteiger partial charge is 0.0433 e. The fraction of sp³-hybridized carbons (Fsp3) is 0.0667. The summed E-state index contributed by atoms with van der Waals surface area (Å²) in [5.41, 5.74) is 10.7. The molecule has 8 aromatic carbocycles. The Morgan fingerprint density at radius 1 is 0.457 bits per heavy atom. The summed E-state index contributed by atoms with van der Waals surface area (Å²) in [6.07, 6.45) is 0. The molecule has 0 amide bonds. The highest BCUT2D eigenvalue weighted by Crippen LogP contribution is 2.55. The van der Waals surface area contributed by atoms with Gasteiger partial charge in [0.05, 0.1) is 0 Å². The molecule has 0 bridgehead atoms. The first-order valence-electron chi connectivity index (χ1n) is 16.1. The third kappa shape index (κ3) is 3.44. The van der Waals surface area contributed by atoms with Gasteiger partial charge in [0.1, 0.15) is 0 Å². The molecule has 0 spiro atoms. The highest BCUT2D eigenvalue weighted by atomic mass is 32.1.